The zero-order chi connectivity index (χ0) is 15.5. The summed E-state index contributed by atoms with van der Waals surface area (Å²) in [5, 5.41) is 13.4. The van der Waals surface area contributed by atoms with Gasteiger partial charge in [-0.15, -0.1) is 0 Å². The summed E-state index contributed by atoms with van der Waals surface area (Å²) in [5.41, 5.74) is 0.736. The van der Waals surface area contributed by atoms with Gasteiger partial charge in [0.1, 0.15) is 0 Å². The van der Waals surface area contributed by atoms with Crippen molar-refractivity contribution in [3.8, 4) is 0 Å². The van der Waals surface area contributed by atoms with Crippen molar-refractivity contribution in [2.24, 2.45) is 0 Å². The van der Waals surface area contributed by atoms with E-state index in [1.54, 1.807) is 0 Å². The number of aliphatic hydroxyl groups excluding tert-OH is 1. The van der Waals surface area contributed by atoms with Gasteiger partial charge in [0.25, 0.3) is 0 Å². The van der Waals surface area contributed by atoms with E-state index in [0.717, 1.165) is 31.4 Å². The first-order valence-corrected chi connectivity index (χ1v) is 9.17. The Bertz CT molecular complexity index is 548. The predicted molar refractivity (Wildman–Crippen MR) is 81.3 cm³/mol. The maximum Gasteiger partial charge on any atom is 0.217 e. The SMILES string of the molecule is CCC(CC)n1ccc(CN(CCO)S(=O)(=O)C2CC2)n1. The molecule has 1 aliphatic rings. The van der Waals surface area contributed by atoms with Crippen LogP contribution in [0.3, 0.4) is 0 Å². The fourth-order valence-electron chi connectivity index (χ4n) is 2.49. The molecule has 1 aliphatic carbocycles. The van der Waals surface area contributed by atoms with Crippen molar-refractivity contribution in [1.82, 2.24) is 14.1 Å². The lowest BCUT2D eigenvalue weighted by molar-refractivity contribution is 0.249. The molecule has 2 rings (SSSR count). The minimum Gasteiger partial charge on any atom is -0.395 e. The molecule has 0 amide bonds. The summed E-state index contributed by atoms with van der Waals surface area (Å²) in [7, 11) is -3.29. The third-order valence-electron chi connectivity index (χ3n) is 3.97. The topological polar surface area (TPSA) is 75.4 Å². The molecule has 1 aromatic heterocycles. The van der Waals surface area contributed by atoms with Gasteiger partial charge in [-0.1, -0.05) is 13.8 Å². The Balaban J connectivity index is 2.10. The first-order chi connectivity index (χ1) is 10.0. The molecule has 7 heteroatoms. The number of hydrogen-bond donors (Lipinski definition) is 1. The molecule has 120 valence electrons. The van der Waals surface area contributed by atoms with Gasteiger partial charge in [-0.25, -0.2) is 8.42 Å². The number of nitrogens with zero attached hydrogens (tertiary/aromatic N) is 3. The van der Waals surface area contributed by atoms with Crippen LogP contribution in [0.5, 0.6) is 0 Å². The minimum absolute atomic E-state index is 0.136. The van der Waals surface area contributed by atoms with Gasteiger partial charge in [0.05, 0.1) is 30.1 Å². The van der Waals surface area contributed by atoms with Gasteiger partial charge in [-0.05, 0) is 31.7 Å². The van der Waals surface area contributed by atoms with Crippen LogP contribution in [0.2, 0.25) is 0 Å². The van der Waals surface area contributed by atoms with E-state index in [1.807, 2.05) is 16.9 Å². The van der Waals surface area contributed by atoms with Crippen LogP contribution in [0.15, 0.2) is 12.3 Å². The van der Waals surface area contributed by atoms with E-state index < -0.39 is 10.0 Å². The van der Waals surface area contributed by atoms with Crippen LogP contribution in [0.25, 0.3) is 0 Å². The molecule has 0 radical (unpaired) electrons. The van der Waals surface area contributed by atoms with Crippen LogP contribution in [0, 0.1) is 0 Å². The maximum atomic E-state index is 12.3. The molecule has 0 spiro atoms. The van der Waals surface area contributed by atoms with Crippen molar-refractivity contribution in [1.29, 1.82) is 0 Å². The molecule has 0 aromatic carbocycles. The fraction of sp³-hybridized carbons (Fsp3) is 0.786. The molecule has 1 aromatic rings. The molecule has 0 saturated heterocycles. The van der Waals surface area contributed by atoms with Crippen LogP contribution in [0.1, 0.15) is 51.3 Å². The fourth-order valence-corrected chi connectivity index (χ4v) is 4.29. The van der Waals surface area contributed by atoms with Crippen molar-refractivity contribution in [2.75, 3.05) is 13.2 Å². The van der Waals surface area contributed by atoms with Gasteiger partial charge < -0.3 is 5.11 Å². The molecule has 0 unspecified atom stereocenters. The summed E-state index contributed by atoms with van der Waals surface area (Å²) in [6.07, 6.45) is 5.36. The maximum absolute atomic E-state index is 12.3. The lowest BCUT2D eigenvalue weighted by atomic mass is 10.2. The first-order valence-electron chi connectivity index (χ1n) is 7.66. The summed E-state index contributed by atoms with van der Waals surface area (Å²) >= 11 is 0. The number of rotatable bonds is 9. The van der Waals surface area contributed by atoms with Crippen LogP contribution >= 0.6 is 0 Å². The van der Waals surface area contributed by atoms with E-state index in [-0.39, 0.29) is 24.9 Å². The van der Waals surface area contributed by atoms with Crippen molar-refractivity contribution in [3.05, 3.63) is 18.0 Å². The van der Waals surface area contributed by atoms with E-state index in [9.17, 15) is 8.42 Å². The second kappa shape index (κ2) is 6.89. The molecule has 1 heterocycles. The van der Waals surface area contributed by atoms with Crippen molar-refractivity contribution in [3.63, 3.8) is 0 Å². The molecule has 0 bridgehead atoms. The highest BCUT2D eigenvalue weighted by Gasteiger charge is 2.40. The number of aliphatic hydroxyl groups is 1. The summed E-state index contributed by atoms with van der Waals surface area (Å²) in [6.45, 7) is 4.44. The second-order valence-corrected chi connectivity index (χ2v) is 7.77. The van der Waals surface area contributed by atoms with E-state index in [1.165, 1.54) is 4.31 Å². The largest absolute Gasteiger partial charge is 0.395 e. The number of sulfonamides is 1. The minimum atomic E-state index is -3.29. The van der Waals surface area contributed by atoms with Gasteiger partial charge in [-0.3, -0.25) is 4.68 Å². The smallest absolute Gasteiger partial charge is 0.217 e. The normalized spacial score (nSPS) is 16.0. The number of aromatic nitrogens is 2. The number of hydrogen-bond acceptors (Lipinski definition) is 4. The summed E-state index contributed by atoms with van der Waals surface area (Å²) < 4.78 is 27.9. The molecule has 0 aliphatic heterocycles. The Morgan fingerprint density at radius 2 is 2.10 bits per heavy atom. The highest BCUT2D eigenvalue weighted by Crippen LogP contribution is 2.31. The molecule has 6 nitrogen and oxygen atoms in total. The standard InChI is InChI=1S/C14H25N3O3S/c1-3-13(4-2)17-8-7-12(15-17)11-16(9-10-18)21(19,20)14-5-6-14/h7-8,13-14,18H,3-6,9-11H2,1-2H3. The predicted octanol–water partition coefficient (Wildman–Crippen LogP) is 1.53. The molecule has 0 atom stereocenters. The van der Waals surface area contributed by atoms with E-state index in [0.29, 0.717) is 6.04 Å². The summed E-state index contributed by atoms with van der Waals surface area (Å²) in [4.78, 5) is 0. The molecule has 1 saturated carbocycles. The molecule has 1 N–H and O–H groups in total. The third kappa shape index (κ3) is 3.84. The van der Waals surface area contributed by atoms with Gasteiger partial charge in [0, 0.05) is 12.7 Å². The lowest BCUT2D eigenvalue weighted by Crippen LogP contribution is -2.35. The highest BCUT2D eigenvalue weighted by atomic mass is 32.2. The molecular formula is C14H25N3O3S. The van der Waals surface area contributed by atoms with Crippen LogP contribution < -0.4 is 0 Å². The first kappa shape index (κ1) is 16.5. The Morgan fingerprint density at radius 1 is 1.43 bits per heavy atom. The van der Waals surface area contributed by atoms with Crippen LogP contribution in [-0.2, 0) is 16.6 Å². The lowest BCUT2D eigenvalue weighted by Gasteiger charge is -2.20. The van der Waals surface area contributed by atoms with Gasteiger partial charge in [0.15, 0.2) is 0 Å². The van der Waals surface area contributed by atoms with E-state index in [4.69, 9.17) is 5.11 Å². The van der Waals surface area contributed by atoms with Crippen molar-refractivity contribution < 1.29 is 13.5 Å². The van der Waals surface area contributed by atoms with E-state index >= 15 is 0 Å². The Hall–Kier alpha value is -0.920. The van der Waals surface area contributed by atoms with E-state index in [2.05, 4.69) is 18.9 Å². The zero-order valence-electron chi connectivity index (χ0n) is 12.8. The van der Waals surface area contributed by atoms with Gasteiger partial charge in [-0.2, -0.15) is 9.40 Å². The van der Waals surface area contributed by atoms with Crippen LogP contribution in [0.4, 0.5) is 0 Å². The zero-order valence-corrected chi connectivity index (χ0v) is 13.6. The quantitative estimate of drug-likeness (QED) is 0.750. The molecule has 21 heavy (non-hydrogen) atoms. The van der Waals surface area contributed by atoms with Crippen LogP contribution in [-0.4, -0.2) is 46.0 Å². The van der Waals surface area contributed by atoms with Gasteiger partial charge in [0.2, 0.25) is 10.0 Å². The third-order valence-corrected chi connectivity index (χ3v) is 6.32. The van der Waals surface area contributed by atoms with Crippen molar-refractivity contribution in [2.45, 2.75) is 57.4 Å². The average Bonchev–Trinajstić information content (AvgIpc) is 3.22. The van der Waals surface area contributed by atoms with Crippen molar-refractivity contribution >= 4 is 10.0 Å². The monoisotopic (exact) mass is 315 g/mol. The summed E-state index contributed by atoms with van der Waals surface area (Å²) in [6, 6.07) is 2.22. The average molecular weight is 315 g/mol. The van der Waals surface area contributed by atoms with Gasteiger partial charge >= 0.3 is 0 Å². The Kier molecular flexibility index (Phi) is 5.40. The Morgan fingerprint density at radius 3 is 2.62 bits per heavy atom. The molecular weight excluding hydrogens is 290 g/mol. The highest BCUT2D eigenvalue weighted by molar-refractivity contribution is 7.90. The molecule has 1 fully saturated rings. The second-order valence-electron chi connectivity index (χ2n) is 5.56. The summed E-state index contributed by atoms with van der Waals surface area (Å²) in [5.74, 6) is 0. The Labute approximate surface area is 126 Å².